The molecule has 4 rings (SSSR count). The SMILES string of the molecule is CNC(=O)c1ccc(Cc2cc3c(c(Cl)c2C)O[C@@H]2CCN(C3=O)[C@H]2C)cc1. The van der Waals surface area contributed by atoms with Gasteiger partial charge < -0.3 is 15.0 Å². The van der Waals surface area contributed by atoms with Gasteiger partial charge in [0.1, 0.15) is 6.10 Å². The molecule has 2 aromatic rings. The van der Waals surface area contributed by atoms with Crippen molar-refractivity contribution >= 4 is 23.4 Å². The lowest BCUT2D eigenvalue weighted by atomic mass is 9.96. The van der Waals surface area contributed by atoms with Gasteiger partial charge in [0.05, 0.1) is 16.6 Å². The lowest BCUT2D eigenvalue weighted by molar-refractivity contribution is 0.0730. The number of nitrogens with zero attached hydrogens (tertiary/aromatic N) is 1. The highest BCUT2D eigenvalue weighted by Crippen LogP contribution is 2.41. The summed E-state index contributed by atoms with van der Waals surface area (Å²) in [6.07, 6.45) is 1.45. The van der Waals surface area contributed by atoms with Crippen LogP contribution in [0, 0.1) is 6.92 Å². The summed E-state index contributed by atoms with van der Waals surface area (Å²) < 4.78 is 6.16. The van der Waals surface area contributed by atoms with Crippen LogP contribution in [-0.4, -0.2) is 42.5 Å². The third kappa shape index (κ3) is 3.04. The minimum absolute atomic E-state index is 0.00907. The molecule has 28 heavy (non-hydrogen) atoms. The number of hydrogen-bond acceptors (Lipinski definition) is 3. The predicted molar refractivity (Wildman–Crippen MR) is 108 cm³/mol. The van der Waals surface area contributed by atoms with Crippen molar-refractivity contribution in [1.29, 1.82) is 0 Å². The van der Waals surface area contributed by atoms with Crippen LogP contribution in [-0.2, 0) is 6.42 Å². The Hall–Kier alpha value is -2.53. The van der Waals surface area contributed by atoms with Gasteiger partial charge in [-0.05, 0) is 55.2 Å². The van der Waals surface area contributed by atoms with E-state index in [4.69, 9.17) is 16.3 Å². The number of fused-ring (bicyclic) bond motifs is 3. The third-order valence-corrected chi connectivity index (χ3v) is 6.31. The maximum absolute atomic E-state index is 13.1. The second kappa shape index (κ2) is 7.13. The van der Waals surface area contributed by atoms with Crippen LogP contribution < -0.4 is 10.1 Å². The van der Waals surface area contributed by atoms with Crippen LogP contribution in [0.5, 0.6) is 5.75 Å². The van der Waals surface area contributed by atoms with Crippen molar-refractivity contribution in [2.75, 3.05) is 13.6 Å². The Morgan fingerprint density at radius 2 is 2.04 bits per heavy atom. The monoisotopic (exact) mass is 398 g/mol. The number of rotatable bonds is 3. The van der Waals surface area contributed by atoms with Gasteiger partial charge in [-0.2, -0.15) is 0 Å². The molecule has 2 atom stereocenters. The maximum Gasteiger partial charge on any atom is 0.258 e. The molecule has 2 aromatic carbocycles. The molecule has 0 radical (unpaired) electrons. The number of amides is 2. The summed E-state index contributed by atoms with van der Waals surface area (Å²) in [5.41, 5.74) is 4.11. The summed E-state index contributed by atoms with van der Waals surface area (Å²) in [5.74, 6) is 0.388. The number of carbonyl (C=O) groups excluding carboxylic acids is 2. The fraction of sp³-hybridized carbons (Fsp3) is 0.364. The molecular weight excluding hydrogens is 376 g/mol. The number of hydrogen-bond donors (Lipinski definition) is 1. The van der Waals surface area contributed by atoms with Crippen molar-refractivity contribution in [3.8, 4) is 5.75 Å². The normalized spacial score (nSPS) is 20.4. The summed E-state index contributed by atoms with van der Waals surface area (Å²) in [4.78, 5) is 26.7. The molecule has 2 aliphatic heterocycles. The van der Waals surface area contributed by atoms with Crippen molar-refractivity contribution in [2.45, 2.75) is 38.8 Å². The van der Waals surface area contributed by atoms with Gasteiger partial charge in [0.15, 0.2) is 5.75 Å². The summed E-state index contributed by atoms with van der Waals surface area (Å²) in [5, 5.41) is 3.13. The fourth-order valence-corrected chi connectivity index (χ4v) is 4.30. The molecule has 0 unspecified atom stereocenters. The van der Waals surface area contributed by atoms with Gasteiger partial charge in [-0.1, -0.05) is 23.7 Å². The Bertz CT molecular complexity index is 955. The first-order valence-electron chi connectivity index (χ1n) is 9.51. The van der Waals surface area contributed by atoms with Gasteiger partial charge in [0.2, 0.25) is 0 Å². The van der Waals surface area contributed by atoms with E-state index in [2.05, 4.69) is 5.32 Å². The lowest BCUT2D eigenvalue weighted by Crippen LogP contribution is -2.36. The molecule has 2 bridgehead atoms. The average molecular weight is 399 g/mol. The first kappa shape index (κ1) is 18.8. The minimum atomic E-state index is -0.114. The second-order valence-corrected chi connectivity index (χ2v) is 7.87. The van der Waals surface area contributed by atoms with Crippen LogP contribution in [0.25, 0.3) is 0 Å². The van der Waals surface area contributed by atoms with Crippen molar-refractivity contribution in [2.24, 2.45) is 0 Å². The third-order valence-electron chi connectivity index (χ3n) is 5.86. The largest absolute Gasteiger partial charge is 0.486 e. The molecule has 0 aliphatic carbocycles. The Morgan fingerprint density at radius 1 is 1.32 bits per heavy atom. The molecule has 146 valence electrons. The summed E-state index contributed by atoms with van der Waals surface area (Å²) in [6.45, 7) is 4.69. The van der Waals surface area contributed by atoms with Crippen LogP contribution in [0.1, 0.15) is 50.8 Å². The molecule has 1 saturated heterocycles. The van der Waals surface area contributed by atoms with E-state index in [0.717, 1.165) is 23.1 Å². The number of nitrogens with one attached hydrogen (secondary N) is 1. The van der Waals surface area contributed by atoms with E-state index >= 15 is 0 Å². The molecule has 5 nitrogen and oxygen atoms in total. The first-order valence-corrected chi connectivity index (χ1v) is 9.89. The van der Waals surface area contributed by atoms with E-state index in [1.54, 1.807) is 19.2 Å². The molecule has 1 fully saturated rings. The molecule has 2 aliphatic rings. The van der Waals surface area contributed by atoms with Gasteiger partial charge in [-0.25, -0.2) is 0 Å². The number of ether oxygens (including phenoxy) is 1. The zero-order valence-electron chi connectivity index (χ0n) is 16.2. The summed E-state index contributed by atoms with van der Waals surface area (Å²) in [6, 6.07) is 9.42. The van der Waals surface area contributed by atoms with E-state index in [1.165, 1.54) is 0 Å². The van der Waals surface area contributed by atoms with Crippen molar-refractivity contribution < 1.29 is 14.3 Å². The van der Waals surface area contributed by atoms with Crippen molar-refractivity contribution in [3.63, 3.8) is 0 Å². The number of benzene rings is 2. The number of halogens is 1. The molecule has 0 aromatic heterocycles. The predicted octanol–water partition coefficient (Wildman–Crippen LogP) is 3.59. The molecule has 1 N–H and O–H groups in total. The summed E-state index contributed by atoms with van der Waals surface area (Å²) in [7, 11) is 1.61. The lowest BCUT2D eigenvalue weighted by Gasteiger charge is -2.20. The van der Waals surface area contributed by atoms with E-state index in [0.29, 0.717) is 34.9 Å². The van der Waals surface area contributed by atoms with Gasteiger partial charge in [-0.3, -0.25) is 9.59 Å². The summed E-state index contributed by atoms with van der Waals surface area (Å²) >= 11 is 6.64. The van der Waals surface area contributed by atoms with Gasteiger partial charge in [0, 0.05) is 25.6 Å². The molecule has 0 spiro atoms. The molecule has 2 heterocycles. The van der Waals surface area contributed by atoms with Crippen LogP contribution >= 0.6 is 11.6 Å². The Morgan fingerprint density at radius 3 is 2.71 bits per heavy atom. The Kier molecular flexibility index (Phi) is 4.79. The van der Waals surface area contributed by atoms with Gasteiger partial charge in [-0.15, -0.1) is 0 Å². The highest BCUT2D eigenvalue weighted by atomic mass is 35.5. The van der Waals surface area contributed by atoms with Crippen LogP contribution in [0.2, 0.25) is 5.02 Å². The van der Waals surface area contributed by atoms with E-state index < -0.39 is 0 Å². The van der Waals surface area contributed by atoms with Gasteiger partial charge in [0.25, 0.3) is 11.8 Å². The first-order chi connectivity index (χ1) is 13.4. The highest BCUT2D eigenvalue weighted by Gasteiger charge is 2.41. The molecule has 2 amide bonds. The Balaban J connectivity index is 1.69. The minimum Gasteiger partial charge on any atom is -0.486 e. The average Bonchev–Trinajstić information content (AvgIpc) is 3.02. The van der Waals surface area contributed by atoms with Crippen LogP contribution in [0.15, 0.2) is 30.3 Å². The van der Waals surface area contributed by atoms with Crippen LogP contribution in [0.4, 0.5) is 0 Å². The van der Waals surface area contributed by atoms with E-state index in [-0.39, 0.29) is 24.0 Å². The molecule has 6 heteroatoms. The zero-order valence-corrected chi connectivity index (χ0v) is 17.0. The van der Waals surface area contributed by atoms with Gasteiger partial charge >= 0.3 is 0 Å². The standard InChI is InChI=1S/C22H23ClN2O3/c1-12-16(10-14-4-6-15(7-5-14)21(26)24-3)11-17-20(19(12)23)28-18-8-9-25(13(18)2)22(17)27/h4-7,11,13,18H,8-10H2,1-3H3,(H,24,26)/t13-,18+/m0/s1. The topological polar surface area (TPSA) is 58.6 Å². The van der Waals surface area contributed by atoms with E-state index in [9.17, 15) is 9.59 Å². The van der Waals surface area contributed by atoms with E-state index in [1.807, 2.05) is 36.9 Å². The quantitative estimate of drug-likeness (QED) is 0.859. The molecule has 0 saturated carbocycles. The highest BCUT2D eigenvalue weighted by molar-refractivity contribution is 6.33. The van der Waals surface area contributed by atoms with Crippen molar-refractivity contribution in [1.82, 2.24) is 10.2 Å². The van der Waals surface area contributed by atoms with Crippen molar-refractivity contribution in [3.05, 3.63) is 63.2 Å². The second-order valence-electron chi connectivity index (χ2n) is 7.49. The Labute approximate surface area is 169 Å². The van der Waals surface area contributed by atoms with Crippen LogP contribution in [0.3, 0.4) is 0 Å². The molecular formula is C22H23ClN2O3. The zero-order chi connectivity index (χ0) is 20.0. The fourth-order valence-electron chi connectivity index (χ4n) is 4.04. The smallest absolute Gasteiger partial charge is 0.258 e. The number of carbonyl (C=O) groups is 2. The maximum atomic E-state index is 13.1.